The number of hydrogen-bond acceptors (Lipinski definition) is 5. The van der Waals surface area contributed by atoms with Crippen molar-refractivity contribution in [1.82, 2.24) is 15.1 Å². The molecule has 0 saturated heterocycles. The first-order valence-electron chi connectivity index (χ1n) is 4.38. The van der Waals surface area contributed by atoms with Crippen molar-refractivity contribution < 1.29 is 8.91 Å². The molecule has 0 fully saturated rings. The van der Waals surface area contributed by atoms with Crippen molar-refractivity contribution in [3.8, 4) is 0 Å². The monoisotopic (exact) mass is 208 g/mol. The summed E-state index contributed by atoms with van der Waals surface area (Å²) in [4.78, 5) is 7.83. The van der Waals surface area contributed by atoms with Crippen LogP contribution < -0.4 is 5.32 Å². The van der Waals surface area contributed by atoms with Gasteiger partial charge >= 0.3 is 0 Å². The van der Waals surface area contributed by atoms with Crippen LogP contribution in [0.5, 0.6) is 0 Å². The fourth-order valence-corrected chi connectivity index (χ4v) is 1.06. The minimum Gasteiger partial charge on any atom is -0.361 e. The third-order valence-corrected chi connectivity index (χ3v) is 1.72. The van der Waals surface area contributed by atoms with Crippen molar-refractivity contribution in [2.45, 2.75) is 13.5 Å². The molecule has 0 aliphatic heterocycles. The summed E-state index contributed by atoms with van der Waals surface area (Å²) >= 11 is 0. The van der Waals surface area contributed by atoms with Crippen LogP contribution >= 0.6 is 0 Å². The molecule has 15 heavy (non-hydrogen) atoms. The molecule has 0 aliphatic rings. The van der Waals surface area contributed by atoms with Crippen LogP contribution in [0, 0.1) is 12.7 Å². The molecule has 0 bridgehead atoms. The molecule has 78 valence electrons. The average molecular weight is 208 g/mol. The van der Waals surface area contributed by atoms with E-state index in [0.717, 1.165) is 6.20 Å². The van der Waals surface area contributed by atoms with Crippen molar-refractivity contribution in [3.05, 3.63) is 35.9 Å². The van der Waals surface area contributed by atoms with Gasteiger partial charge in [0.2, 0.25) is 5.89 Å². The largest absolute Gasteiger partial charge is 0.361 e. The quantitative estimate of drug-likeness (QED) is 0.828. The second-order valence-electron chi connectivity index (χ2n) is 2.95. The molecule has 2 heterocycles. The lowest BCUT2D eigenvalue weighted by Crippen LogP contribution is -2.01. The summed E-state index contributed by atoms with van der Waals surface area (Å²) in [6.45, 7) is 2.11. The Balaban J connectivity index is 1.96. The standard InChI is InChI=1S/C9H9FN4O/c1-6-13-9(15-14-6)5-12-8-3-2-7(10)4-11-8/h2-4H,5H2,1H3,(H,11,12). The number of aryl methyl sites for hydroxylation is 1. The summed E-state index contributed by atoms with van der Waals surface area (Å²) in [7, 11) is 0. The van der Waals surface area contributed by atoms with Gasteiger partial charge in [-0.25, -0.2) is 9.37 Å². The van der Waals surface area contributed by atoms with Crippen LogP contribution in [0.4, 0.5) is 10.2 Å². The Hall–Kier alpha value is -1.98. The Morgan fingerprint density at radius 3 is 2.93 bits per heavy atom. The molecule has 0 atom stereocenters. The number of pyridine rings is 1. The molecule has 0 spiro atoms. The lowest BCUT2D eigenvalue weighted by molar-refractivity contribution is 0.379. The summed E-state index contributed by atoms with van der Waals surface area (Å²) in [6, 6.07) is 2.87. The normalized spacial score (nSPS) is 10.3. The molecular formula is C9H9FN4O. The van der Waals surface area contributed by atoms with E-state index in [4.69, 9.17) is 4.52 Å². The Bertz CT molecular complexity index is 440. The van der Waals surface area contributed by atoms with Gasteiger partial charge in [-0.1, -0.05) is 5.16 Å². The van der Waals surface area contributed by atoms with Crippen molar-refractivity contribution in [2.75, 3.05) is 5.32 Å². The van der Waals surface area contributed by atoms with Gasteiger partial charge in [-0.15, -0.1) is 0 Å². The highest BCUT2D eigenvalue weighted by atomic mass is 19.1. The number of nitrogens with zero attached hydrogens (tertiary/aromatic N) is 3. The minimum absolute atomic E-state index is 0.366. The van der Waals surface area contributed by atoms with E-state index in [1.807, 2.05) is 0 Å². The highest BCUT2D eigenvalue weighted by molar-refractivity contribution is 5.33. The predicted molar refractivity (Wildman–Crippen MR) is 50.6 cm³/mol. The summed E-state index contributed by atoms with van der Waals surface area (Å²) in [5.41, 5.74) is 0. The smallest absolute Gasteiger partial charge is 0.245 e. The van der Waals surface area contributed by atoms with Gasteiger partial charge in [0, 0.05) is 0 Å². The van der Waals surface area contributed by atoms with Crippen LogP contribution in [0.15, 0.2) is 22.9 Å². The summed E-state index contributed by atoms with van der Waals surface area (Å²) in [5, 5.41) is 6.56. The highest BCUT2D eigenvalue weighted by Crippen LogP contribution is 2.05. The van der Waals surface area contributed by atoms with Crippen LogP contribution in [-0.2, 0) is 6.54 Å². The van der Waals surface area contributed by atoms with Gasteiger partial charge < -0.3 is 9.84 Å². The number of nitrogens with one attached hydrogen (secondary N) is 1. The number of halogens is 1. The van der Waals surface area contributed by atoms with Gasteiger partial charge in [-0.2, -0.15) is 4.98 Å². The zero-order valence-electron chi connectivity index (χ0n) is 8.07. The number of aromatic nitrogens is 3. The van der Waals surface area contributed by atoms with E-state index in [0.29, 0.717) is 24.1 Å². The molecule has 2 aromatic rings. The summed E-state index contributed by atoms with van der Waals surface area (Å²) in [5.74, 6) is 1.25. The third kappa shape index (κ3) is 2.49. The molecule has 0 saturated carbocycles. The van der Waals surface area contributed by atoms with Crippen molar-refractivity contribution >= 4 is 5.82 Å². The van der Waals surface area contributed by atoms with Crippen LogP contribution in [0.2, 0.25) is 0 Å². The van der Waals surface area contributed by atoms with E-state index < -0.39 is 0 Å². The maximum atomic E-state index is 12.5. The Kier molecular flexibility index (Phi) is 2.57. The molecule has 0 radical (unpaired) electrons. The minimum atomic E-state index is -0.366. The zero-order valence-corrected chi connectivity index (χ0v) is 8.07. The first-order chi connectivity index (χ1) is 7.24. The van der Waals surface area contributed by atoms with Crippen LogP contribution in [-0.4, -0.2) is 15.1 Å². The van der Waals surface area contributed by atoms with Crippen molar-refractivity contribution in [3.63, 3.8) is 0 Å². The van der Waals surface area contributed by atoms with Crippen LogP contribution in [0.3, 0.4) is 0 Å². The Morgan fingerprint density at radius 1 is 1.47 bits per heavy atom. The Morgan fingerprint density at radius 2 is 2.33 bits per heavy atom. The van der Waals surface area contributed by atoms with Crippen LogP contribution in [0.1, 0.15) is 11.7 Å². The first kappa shape index (κ1) is 9.57. The van der Waals surface area contributed by atoms with E-state index in [2.05, 4.69) is 20.4 Å². The van der Waals surface area contributed by atoms with E-state index in [1.165, 1.54) is 6.07 Å². The fourth-order valence-electron chi connectivity index (χ4n) is 1.06. The van der Waals surface area contributed by atoms with E-state index in [1.54, 1.807) is 13.0 Å². The molecule has 2 rings (SSSR count). The highest BCUT2D eigenvalue weighted by Gasteiger charge is 2.02. The van der Waals surface area contributed by atoms with Gasteiger partial charge in [0.15, 0.2) is 5.82 Å². The van der Waals surface area contributed by atoms with Crippen molar-refractivity contribution in [1.29, 1.82) is 0 Å². The summed E-state index contributed by atoms with van der Waals surface area (Å²) in [6.07, 6.45) is 1.14. The van der Waals surface area contributed by atoms with E-state index in [9.17, 15) is 4.39 Å². The van der Waals surface area contributed by atoms with Gasteiger partial charge in [0.1, 0.15) is 11.6 Å². The van der Waals surface area contributed by atoms with E-state index in [-0.39, 0.29) is 5.82 Å². The van der Waals surface area contributed by atoms with Crippen LogP contribution in [0.25, 0.3) is 0 Å². The molecule has 0 amide bonds. The van der Waals surface area contributed by atoms with Crippen molar-refractivity contribution in [2.24, 2.45) is 0 Å². The maximum absolute atomic E-state index is 12.5. The van der Waals surface area contributed by atoms with Gasteiger partial charge in [0.25, 0.3) is 0 Å². The molecule has 1 N–H and O–H groups in total. The molecule has 0 unspecified atom stereocenters. The average Bonchev–Trinajstić information content (AvgIpc) is 2.64. The lowest BCUT2D eigenvalue weighted by Gasteiger charge is -2.00. The topological polar surface area (TPSA) is 63.8 Å². The third-order valence-electron chi connectivity index (χ3n) is 1.72. The predicted octanol–water partition coefficient (Wildman–Crippen LogP) is 1.52. The summed E-state index contributed by atoms with van der Waals surface area (Å²) < 4.78 is 17.4. The number of anilines is 1. The lowest BCUT2D eigenvalue weighted by atomic mass is 10.4. The second-order valence-corrected chi connectivity index (χ2v) is 2.95. The van der Waals surface area contributed by atoms with Gasteiger partial charge in [-0.3, -0.25) is 0 Å². The molecule has 5 nitrogen and oxygen atoms in total. The maximum Gasteiger partial charge on any atom is 0.245 e. The number of rotatable bonds is 3. The van der Waals surface area contributed by atoms with E-state index >= 15 is 0 Å². The molecule has 0 aliphatic carbocycles. The fraction of sp³-hybridized carbons (Fsp3) is 0.222. The Labute approximate surface area is 85.3 Å². The van der Waals surface area contributed by atoms with Gasteiger partial charge in [0.05, 0.1) is 12.7 Å². The molecule has 6 heteroatoms. The SMILES string of the molecule is Cc1noc(CNc2ccc(F)cn2)n1. The molecule has 2 aromatic heterocycles. The molecule has 0 aromatic carbocycles. The number of hydrogen-bond donors (Lipinski definition) is 1. The second kappa shape index (κ2) is 4.04. The zero-order chi connectivity index (χ0) is 10.7. The molecular weight excluding hydrogens is 199 g/mol. The van der Waals surface area contributed by atoms with Gasteiger partial charge in [-0.05, 0) is 19.1 Å². The first-order valence-corrected chi connectivity index (χ1v) is 4.38.